The summed E-state index contributed by atoms with van der Waals surface area (Å²) in [4.78, 5) is 18.8. The molecule has 0 saturated carbocycles. The molecule has 23 heavy (non-hydrogen) atoms. The summed E-state index contributed by atoms with van der Waals surface area (Å²) in [5, 5.41) is 3.25. The Kier molecular flexibility index (Phi) is 3.55. The summed E-state index contributed by atoms with van der Waals surface area (Å²) in [6, 6.07) is 15.1. The summed E-state index contributed by atoms with van der Waals surface area (Å²) in [5.74, 6) is 0.656. The molecule has 1 aliphatic heterocycles. The van der Waals surface area contributed by atoms with Gasteiger partial charge in [0.25, 0.3) is 5.91 Å². The van der Waals surface area contributed by atoms with Gasteiger partial charge in [0.15, 0.2) is 5.58 Å². The number of carbonyl (C=O) groups is 1. The molecule has 5 nitrogen and oxygen atoms in total. The number of nitrogens with zero attached hydrogens (tertiary/aromatic N) is 2. The minimum absolute atomic E-state index is 0.0793. The summed E-state index contributed by atoms with van der Waals surface area (Å²) in [7, 11) is 0. The first-order chi connectivity index (χ1) is 11.3. The molecule has 1 fully saturated rings. The average Bonchev–Trinajstić information content (AvgIpc) is 3.06. The van der Waals surface area contributed by atoms with E-state index in [0.717, 1.165) is 42.8 Å². The minimum Gasteiger partial charge on any atom is -0.436 e. The molecule has 4 rings (SSSR count). The van der Waals surface area contributed by atoms with Crippen molar-refractivity contribution in [3.63, 3.8) is 0 Å². The number of carbonyl (C=O) groups excluding carboxylic acids is 1. The molecule has 0 spiro atoms. The molecule has 2 aromatic carbocycles. The predicted octanol–water partition coefficient (Wildman–Crippen LogP) is 2.54. The summed E-state index contributed by atoms with van der Waals surface area (Å²) in [5.41, 5.74) is 3.18. The lowest BCUT2D eigenvalue weighted by Crippen LogP contribution is -2.46. The monoisotopic (exact) mass is 307 g/mol. The standard InChI is InChI=1S/C18H17N3O2/c22-18(21-11-9-19-10-12-21)14-7-5-13(6-8-14)17-20-15-3-1-2-4-16(15)23-17/h1-8,19H,9-12H2. The second kappa shape index (κ2) is 5.85. The van der Waals surface area contributed by atoms with Gasteiger partial charge < -0.3 is 14.6 Å². The SMILES string of the molecule is O=C(c1ccc(-c2nc3ccccc3o2)cc1)N1CCNCC1. The average molecular weight is 307 g/mol. The zero-order chi connectivity index (χ0) is 15.6. The largest absolute Gasteiger partial charge is 0.436 e. The van der Waals surface area contributed by atoms with E-state index in [0.29, 0.717) is 11.5 Å². The topological polar surface area (TPSA) is 58.4 Å². The first kappa shape index (κ1) is 14.0. The number of aromatic nitrogens is 1. The van der Waals surface area contributed by atoms with E-state index in [1.165, 1.54) is 0 Å². The molecule has 0 atom stereocenters. The van der Waals surface area contributed by atoms with Gasteiger partial charge in [-0.05, 0) is 36.4 Å². The second-order valence-corrected chi connectivity index (χ2v) is 5.61. The summed E-state index contributed by atoms with van der Waals surface area (Å²) in [6.07, 6.45) is 0. The van der Waals surface area contributed by atoms with Gasteiger partial charge in [0, 0.05) is 37.3 Å². The van der Waals surface area contributed by atoms with E-state index in [-0.39, 0.29) is 5.91 Å². The lowest BCUT2D eigenvalue weighted by atomic mass is 10.1. The second-order valence-electron chi connectivity index (χ2n) is 5.61. The Morgan fingerprint density at radius 1 is 1.04 bits per heavy atom. The Hall–Kier alpha value is -2.66. The Bertz CT molecular complexity index is 800. The number of nitrogens with one attached hydrogen (secondary N) is 1. The quantitative estimate of drug-likeness (QED) is 0.790. The molecule has 0 unspecified atom stereocenters. The first-order valence-electron chi connectivity index (χ1n) is 7.77. The molecule has 1 N–H and O–H groups in total. The van der Waals surface area contributed by atoms with Crippen molar-refractivity contribution in [2.24, 2.45) is 0 Å². The summed E-state index contributed by atoms with van der Waals surface area (Å²) >= 11 is 0. The molecule has 0 bridgehead atoms. The number of piperazine rings is 1. The van der Waals surface area contributed by atoms with Gasteiger partial charge in [0.1, 0.15) is 5.52 Å². The van der Waals surface area contributed by atoms with Crippen LogP contribution in [-0.4, -0.2) is 42.0 Å². The molecule has 0 radical (unpaired) electrons. The summed E-state index contributed by atoms with van der Waals surface area (Å²) in [6.45, 7) is 3.22. The maximum Gasteiger partial charge on any atom is 0.253 e. The van der Waals surface area contributed by atoms with E-state index in [2.05, 4.69) is 10.3 Å². The van der Waals surface area contributed by atoms with E-state index in [1.54, 1.807) is 0 Å². The normalized spacial score (nSPS) is 15.0. The van der Waals surface area contributed by atoms with Crippen molar-refractivity contribution < 1.29 is 9.21 Å². The molecular formula is C18H17N3O2. The Balaban J connectivity index is 1.58. The van der Waals surface area contributed by atoms with Crippen LogP contribution in [0.2, 0.25) is 0 Å². The number of fused-ring (bicyclic) bond motifs is 1. The third-order valence-corrected chi connectivity index (χ3v) is 4.08. The highest BCUT2D eigenvalue weighted by molar-refractivity contribution is 5.94. The van der Waals surface area contributed by atoms with Crippen molar-refractivity contribution in [2.75, 3.05) is 26.2 Å². The van der Waals surface area contributed by atoms with Crippen LogP contribution in [0.1, 0.15) is 10.4 Å². The Morgan fingerprint density at radius 2 is 1.78 bits per heavy atom. The highest BCUT2D eigenvalue weighted by Gasteiger charge is 2.18. The van der Waals surface area contributed by atoms with Crippen LogP contribution in [0.3, 0.4) is 0 Å². The van der Waals surface area contributed by atoms with Gasteiger partial charge in [0.05, 0.1) is 0 Å². The third-order valence-electron chi connectivity index (χ3n) is 4.08. The maximum atomic E-state index is 12.4. The molecule has 1 saturated heterocycles. The van der Waals surface area contributed by atoms with Gasteiger partial charge in [-0.25, -0.2) is 4.98 Å². The van der Waals surface area contributed by atoms with Crippen molar-refractivity contribution in [3.8, 4) is 11.5 Å². The van der Waals surface area contributed by atoms with Crippen LogP contribution in [-0.2, 0) is 0 Å². The fourth-order valence-corrected chi connectivity index (χ4v) is 2.80. The number of rotatable bonds is 2. The number of oxazole rings is 1. The number of benzene rings is 2. The molecule has 5 heteroatoms. The van der Waals surface area contributed by atoms with Crippen molar-refractivity contribution in [3.05, 3.63) is 54.1 Å². The van der Waals surface area contributed by atoms with Crippen molar-refractivity contribution in [1.82, 2.24) is 15.2 Å². The van der Waals surface area contributed by atoms with E-state index in [9.17, 15) is 4.79 Å². The van der Waals surface area contributed by atoms with Gasteiger partial charge in [0.2, 0.25) is 5.89 Å². The van der Waals surface area contributed by atoms with E-state index in [1.807, 2.05) is 53.4 Å². The van der Waals surface area contributed by atoms with E-state index in [4.69, 9.17) is 4.42 Å². The van der Waals surface area contributed by atoms with Gasteiger partial charge >= 0.3 is 0 Å². The summed E-state index contributed by atoms with van der Waals surface area (Å²) < 4.78 is 5.76. The van der Waals surface area contributed by atoms with Gasteiger partial charge in [-0.15, -0.1) is 0 Å². The smallest absolute Gasteiger partial charge is 0.253 e. The van der Waals surface area contributed by atoms with Gasteiger partial charge in [-0.2, -0.15) is 0 Å². The highest BCUT2D eigenvalue weighted by Crippen LogP contribution is 2.24. The Morgan fingerprint density at radius 3 is 2.52 bits per heavy atom. The first-order valence-corrected chi connectivity index (χ1v) is 7.77. The predicted molar refractivity (Wildman–Crippen MR) is 88.2 cm³/mol. The Labute approximate surface area is 133 Å². The number of hydrogen-bond donors (Lipinski definition) is 1. The fourth-order valence-electron chi connectivity index (χ4n) is 2.80. The van der Waals surface area contributed by atoms with Crippen LogP contribution in [0.4, 0.5) is 0 Å². The molecule has 2 heterocycles. The van der Waals surface area contributed by atoms with Crippen LogP contribution >= 0.6 is 0 Å². The number of para-hydroxylation sites is 2. The minimum atomic E-state index is 0.0793. The zero-order valence-corrected chi connectivity index (χ0v) is 12.7. The van der Waals surface area contributed by atoms with E-state index >= 15 is 0 Å². The molecule has 0 aliphatic carbocycles. The molecule has 1 aromatic heterocycles. The van der Waals surface area contributed by atoms with Crippen LogP contribution in [0, 0.1) is 0 Å². The van der Waals surface area contributed by atoms with Crippen molar-refractivity contribution in [2.45, 2.75) is 0 Å². The van der Waals surface area contributed by atoms with Gasteiger partial charge in [-0.1, -0.05) is 12.1 Å². The van der Waals surface area contributed by atoms with Crippen molar-refractivity contribution in [1.29, 1.82) is 0 Å². The lowest BCUT2D eigenvalue weighted by Gasteiger charge is -2.27. The molecule has 116 valence electrons. The number of amides is 1. The van der Waals surface area contributed by atoms with Crippen molar-refractivity contribution >= 4 is 17.0 Å². The van der Waals surface area contributed by atoms with Crippen LogP contribution in [0.5, 0.6) is 0 Å². The zero-order valence-electron chi connectivity index (χ0n) is 12.7. The molecule has 1 amide bonds. The fraction of sp³-hybridized carbons (Fsp3) is 0.222. The molecule has 1 aliphatic rings. The van der Waals surface area contributed by atoms with Gasteiger partial charge in [-0.3, -0.25) is 4.79 Å². The van der Waals surface area contributed by atoms with Crippen LogP contribution in [0.15, 0.2) is 52.9 Å². The molecule has 3 aromatic rings. The van der Waals surface area contributed by atoms with Crippen LogP contribution < -0.4 is 5.32 Å². The maximum absolute atomic E-state index is 12.4. The van der Waals surface area contributed by atoms with Crippen LogP contribution in [0.25, 0.3) is 22.6 Å². The number of hydrogen-bond acceptors (Lipinski definition) is 4. The molecular weight excluding hydrogens is 290 g/mol. The van der Waals surface area contributed by atoms with E-state index < -0.39 is 0 Å². The highest BCUT2D eigenvalue weighted by atomic mass is 16.3. The lowest BCUT2D eigenvalue weighted by molar-refractivity contribution is 0.0736. The third kappa shape index (κ3) is 2.71.